The minimum Gasteiger partial charge on any atom is -0.285 e. The van der Waals surface area contributed by atoms with E-state index in [1.54, 1.807) is 0 Å². The first kappa shape index (κ1) is 6.33. The van der Waals surface area contributed by atoms with Gasteiger partial charge in [-0.2, -0.15) is 5.10 Å². The first-order valence-electron chi connectivity index (χ1n) is 3.12. The minimum atomic E-state index is 0.531. The Kier molecular flexibility index (Phi) is 1.88. The number of nitrogens with zero attached hydrogens (tertiary/aromatic N) is 1. The van der Waals surface area contributed by atoms with Crippen molar-refractivity contribution in [2.45, 2.75) is 19.3 Å². The molecule has 0 bridgehead atoms. The van der Waals surface area contributed by atoms with E-state index in [0.29, 0.717) is 5.92 Å². The van der Waals surface area contributed by atoms with Crippen LogP contribution in [-0.2, 0) is 0 Å². The van der Waals surface area contributed by atoms with Crippen molar-refractivity contribution in [2.75, 3.05) is 0 Å². The minimum absolute atomic E-state index is 0.531. The largest absolute Gasteiger partial charge is 0.285 e. The highest BCUT2D eigenvalue weighted by molar-refractivity contribution is 5.08. The molecule has 1 radical (unpaired) electrons. The molecule has 0 aromatic carbocycles. The lowest BCUT2D eigenvalue weighted by atomic mass is 10.0. The molecule has 1 rings (SSSR count). The Labute approximate surface area is 55.3 Å². The van der Waals surface area contributed by atoms with Crippen LogP contribution in [0.2, 0.25) is 0 Å². The molecule has 0 fully saturated rings. The first-order chi connectivity index (χ1) is 4.34. The number of rotatable bonds is 2. The number of aromatic nitrogens is 2. The second kappa shape index (κ2) is 2.67. The van der Waals surface area contributed by atoms with E-state index in [0.717, 1.165) is 6.42 Å². The molecule has 0 saturated carbocycles. The molecule has 1 heterocycles. The van der Waals surface area contributed by atoms with Gasteiger partial charge in [0.25, 0.3) is 0 Å². The van der Waals surface area contributed by atoms with Crippen molar-refractivity contribution in [2.24, 2.45) is 0 Å². The summed E-state index contributed by atoms with van der Waals surface area (Å²) in [7, 11) is 0. The van der Waals surface area contributed by atoms with Gasteiger partial charge in [-0.15, -0.1) is 0 Å². The summed E-state index contributed by atoms with van der Waals surface area (Å²) in [4.78, 5) is 0. The van der Waals surface area contributed by atoms with Crippen molar-refractivity contribution in [3.63, 3.8) is 0 Å². The van der Waals surface area contributed by atoms with Gasteiger partial charge in [0.1, 0.15) is 0 Å². The Balaban J connectivity index is 2.65. The van der Waals surface area contributed by atoms with Gasteiger partial charge in [0, 0.05) is 6.20 Å². The average molecular weight is 123 g/mol. The molecule has 0 saturated heterocycles. The van der Waals surface area contributed by atoms with Gasteiger partial charge < -0.3 is 0 Å². The molecule has 2 nitrogen and oxygen atoms in total. The number of H-pyrrole nitrogens is 1. The van der Waals surface area contributed by atoms with E-state index >= 15 is 0 Å². The Morgan fingerprint density at radius 3 is 3.11 bits per heavy atom. The van der Waals surface area contributed by atoms with Crippen molar-refractivity contribution in [1.82, 2.24) is 10.2 Å². The predicted molar refractivity (Wildman–Crippen MR) is 37.0 cm³/mol. The Morgan fingerprint density at radius 1 is 1.89 bits per heavy atom. The molecule has 49 valence electrons. The molecule has 0 amide bonds. The highest BCUT2D eigenvalue weighted by atomic mass is 15.1. The molecule has 2 heteroatoms. The van der Waals surface area contributed by atoms with Crippen LogP contribution in [0, 0.1) is 6.92 Å². The van der Waals surface area contributed by atoms with Crippen molar-refractivity contribution < 1.29 is 0 Å². The van der Waals surface area contributed by atoms with Crippen LogP contribution < -0.4 is 0 Å². The standard InChI is InChI=1S/C7H11N2/c1-3-6(2)7-4-8-9-5-7/h4-6H,1,3H2,2H3,(H,8,9). The lowest BCUT2D eigenvalue weighted by Crippen LogP contribution is -1.86. The number of hydrogen-bond acceptors (Lipinski definition) is 1. The molecule has 1 N–H and O–H groups in total. The molecule has 1 aromatic rings. The van der Waals surface area contributed by atoms with Crippen molar-refractivity contribution in [3.8, 4) is 0 Å². The van der Waals surface area contributed by atoms with Crippen LogP contribution in [0.4, 0.5) is 0 Å². The topological polar surface area (TPSA) is 28.7 Å². The van der Waals surface area contributed by atoms with Gasteiger partial charge in [-0.05, 0) is 17.9 Å². The van der Waals surface area contributed by atoms with E-state index < -0.39 is 0 Å². The zero-order valence-corrected chi connectivity index (χ0v) is 5.59. The quantitative estimate of drug-likeness (QED) is 0.637. The predicted octanol–water partition coefficient (Wildman–Crippen LogP) is 1.74. The summed E-state index contributed by atoms with van der Waals surface area (Å²) >= 11 is 0. The van der Waals surface area contributed by atoms with Crippen molar-refractivity contribution in [3.05, 3.63) is 24.9 Å². The second-order valence-corrected chi connectivity index (χ2v) is 2.22. The lowest BCUT2D eigenvalue weighted by Gasteiger charge is -2.01. The van der Waals surface area contributed by atoms with E-state index in [2.05, 4.69) is 24.0 Å². The molecule has 0 aliphatic heterocycles. The first-order valence-corrected chi connectivity index (χ1v) is 3.12. The Morgan fingerprint density at radius 2 is 2.67 bits per heavy atom. The number of nitrogens with one attached hydrogen (secondary N) is 1. The summed E-state index contributed by atoms with van der Waals surface area (Å²) in [5.41, 5.74) is 1.24. The summed E-state index contributed by atoms with van der Waals surface area (Å²) in [6, 6.07) is 0. The van der Waals surface area contributed by atoms with Crippen LogP contribution in [0.5, 0.6) is 0 Å². The van der Waals surface area contributed by atoms with E-state index in [1.807, 2.05) is 12.4 Å². The molecule has 9 heavy (non-hydrogen) atoms. The fraction of sp³-hybridized carbons (Fsp3) is 0.429. The highest BCUT2D eigenvalue weighted by Gasteiger charge is 2.01. The van der Waals surface area contributed by atoms with Crippen molar-refractivity contribution >= 4 is 0 Å². The molecule has 0 aliphatic carbocycles. The fourth-order valence-corrected chi connectivity index (χ4v) is 0.697. The molecule has 1 atom stereocenters. The molecular weight excluding hydrogens is 112 g/mol. The molecule has 0 aliphatic rings. The molecular formula is C7H11N2. The molecule has 0 spiro atoms. The second-order valence-electron chi connectivity index (χ2n) is 2.22. The van der Waals surface area contributed by atoms with Crippen LogP contribution in [-0.4, -0.2) is 10.2 Å². The van der Waals surface area contributed by atoms with E-state index in [9.17, 15) is 0 Å². The smallest absolute Gasteiger partial charge is 0.0521 e. The number of aromatic amines is 1. The zero-order valence-electron chi connectivity index (χ0n) is 5.59. The van der Waals surface area contributed by atoms with E-state index in [1.165, 1.54) is 5.56 Å². The Hall–Kier alpha value is -0.790. The summed E-state index contributed by atoms with van der Waals surface area (Å²) in [5.74, 6) is 0.531. The zero-order chi connectivity index (χ0) is 6.69. The monoisotopic (exact) mass is 123 g/mol. The van der Waals surface area contributed by atoms with Gasteiger partial charge in [-0.3, -0.25) is 5.10 Å². The highest BCUT2D eigenvalue weighted by Crippen LogP contribution is 2.15. The third-order valence-electron chi connectivity index (χ3n) is 1.52. The summed E-state index contributed by atoms with van der Waals surface area (Å²) in [6.45, 7) is 5.94. The van der Waals surface area contributed by atoms with Gasteiger partial charge >= 0.3 is 0 Å². The van der Waals surface area contributed by atoms with Gasteiger partial charge in [-0.1, -0.05) is 13.8 Å². The maximum absolute atomic E-state index is 3.84. The van der Waals surface area contributed by atoms with Gasteiger partial charge in [0.2, 0.25) is 0 Å². The summed E-state index contributed by atoms with van der Waals surface area (Å²) < 4.78 is 0. The average Bonchev–Trinajstić information content (AvgIpc) is 2.37. The number of hydrogen-bond donors (Lipinski definition) is 1. The van der Waals surface area contributed by atoms with E-state index in [4.69, 9.17) is 0 Å². The van der Waals surface area contributed by atoms with Gasteiger partial charge in [0.15, 0.2) is 0 Å². The normalized spacial score (nSPS) is 13.6. The SMILES string of the molecule is [CH2]CC(C)c1cn[nH]c1. The molecule has 1 unspecified atom stereocenters. The summed E-state index contributed by atoms with van der Waals surface area (Å²) in [6.07, 6.45) is 4.69. The van der Waals surface area contributed by atoms with Crippen LogP contribution in [0.15, 0.2) is 12.4 Å². The van der Waals surface area contributed by atoms with Crippen LogP contribution in [0.3, 0.4) is 0 Å². The Bertz CT molecular complexity index is 155. The maximum atomic E-state index is 3.84. The van der Waals surface area contributed by atoms with Gasteiger partial charge in [0.05, 0.1) is 6.20 Å². The van der Waals surface area contributed by atoms with Crippen molar-refractivity contribution in [1.29, 1.82) is 0 Å². The maximum Gasteiger partial charge on any atom is 0.0521 e. The lowest BCUT2D eigenvalue weighted by molar-refractivity contribution is 0.779. The third-order valence-corrected chi connectivity index (χ3v) is 1.52. The van der Waals surface area contributed by atoms with Crippen LogP contribution >= 0.6 is 0 Å². The molecule has 1 aromatic heterocycles. The third kappa shape index (κ3) is 1.31. The fourth-order valence-electron chi connectivity index (χ4n) is 0.697. The van der Waals surface area contributed by atoms with Crippen LogP contribution in [0.1, 0.15) is 24.8 Å². The van der Waals surface area contributed by atoms with Crippen LogP contribution in [0.25, 0.3) is 0 Å². The van der Waals surface area contributed by atoms with E-state index in [-0.39, 0.29) is 0 Å². The summed E-state index contributed by atoms with van der Waals surface area (Å²) in [5, 5.41) is 6.61. The van der Waals surface area contributed by atoms with Gasteiger partial charge in [-0.25, -0.2) is 0 Å².